The third kappa shape index (κ3) is 6.77. The number of benzene rings is 1. The first-order valence-corrected chi connectivity index (χ1v) is 7.13. The molecule has 126 valence electrons. The van der Waals surface area contributed by atoms with Gasteiger partial charge in [-0.2, -0.15) is 0 Å². The second kappa shape index (κ2) is 11.0. The summed E-state index contributed by atoms with van der Waals surface area (Å²) in [6, 6.07) is 4.41. The number of hydrogen-bond acceptors (Lipinski definition) is 8. The van der Waals surface area contributed by atoms with Gasteiger partial charge in [-0.15, -0.1) is 4.91 Å². The Balaban J connectivity index is 2.34. The molecule has 0 fully saturated rings. The van der Waals surface area contributed by atoms with Gasteiger partial charge in [0.1, 0.15) is 6.61 Å². The highest BCUT2D eigenvalue weighted by Gasteiger charge is 2.12. The molecule has 0 saturated carbocycles. The zero-order valence-electron chi connectivity index (χ0n) is 12.9. The maximum absolute atomic E-state index is 11.9. The van der Waals surface area contributed by atoms with Gasteiger partial charge < -0.3 is 19.0 Å². The molecule has 8 nitrogen and oxygen atoms in total. The topological polar surface area (TPSA) is 100 Å². The molecule has 0 amide bonds. The molecule has 0 radical (unpaired) electrons. The number of carbonyl (C=O) groups excluding carboxylic acids is 2. The Morgan fingerprint density at radius 1 is 1.13 bits per heavy atom. The number of methoxy groups -OCH3 is 1. The molecular formula is C15H19NO7. The Hall–Kier alpha value is -2.64. The van der Waals surface area contributed by atoms with E-state index in [1.165, 1.54) is 25.3 Å². The Morgan fingerprint density at radius 3 is 2.52 bits per heavy atom. The lowest BCUT2D eigenvalue weighted by molar-refractivity contribution is -0.120. The quantitative estimate of drug-likeness (QED) is 0.191. The van der Waals surface area contributed by atoms with Gasteiger partial charge in [0.15, 0.2) is 16.8 Å². The van der Waals surface area contributed by atoms with Gasteiger partial charge in [0.2, 0.25) is 0 Å². The standard InChI is InChI=1S/C15H19NO7/c1-20-14-10-12(6-7-13(14)22-11-17)15(18)21-8-4-2-3-5-9-23-16-19/h6-7,10-11H,2-5,8-9H2,1H3. The van der Waals surface area contributed by atoms with Crippen molar-refractivity contribution in [3.8, 4) is 11.5 Å². The van der Waals surface area contributed by atoms with E-state index in [4.69, 9.17) is 14.2 Å². The van der Waals surface area contributed by atoms with Crippen LogP contribution >= 0.6 is 0 Å². The number of hydrogen-bond donors (Lipinski definition) is 0. The summed E-state index contributed by atoms with van der Waals surface area (Å²) in [5.41, 5.74) is 0.311. The molecular weight excluding hydrogens is 306 g/mol. The van der Waals surface area contributed by atoms with Crippen molar-refractivity contribution in [1.29, 1.82) is 0 Å². The van der Waals surface area contributed by atoms with Crippen LogP contribution in [-0.2, 0) is 14.4 Å². The lowest BCUT2D eigenvalue weighted by Gasteiger charge is -2.09. The monoisotopic (exact) mass is 325 g/mol. The van der Waals surface area contributed by atoms with E-state index >= 15 is 0 Å². The van der Waals surface area contributed by atoms with Crippen molar-refractivity contribution in [1.82, 2.24) is 0 Å². The van der Waals surface area contributed by atoms with E-state index in [1.807, 2.05) is 0 Å². The van der Waals surface area contributed by atoms with E-state index in [9.17, 15) is 14.5 Å². The molecule has 0 unspecified atom stereocenters. The van der Waals surface area contributed by atoms with Gasteiger partial charge in [0.05, 0.1) is 19.3 Å². The molecule has 0 aliphatic carbocycles. The van der Waals surface area contributed by atoms with Crippen molar-refractivity contribution in [2.75, 3.05) is 20.3 Å². The highest BCUT2D eigenvalue weighted by molar-refractivity contribution is 5.90. The molecule has 1 rings (SSSR count). The molecule has 0 aliphatic rings. The fourth-order valence-corrected chi connectivity index (χ4v) is 1.85. The van der Waals surface area contributed by atoms with E-state index in [0.29, 0.717) is 25.2 Å². The molecule has 0 heterocycles. The number of ether oxygens (including phenoxy) is 3. The molecule has 23 heavy (non-hydrogen) atoms. The first-order valence-electron chi connectivity index (χ1n) is 7.13. The van der Waals surface area contributed by atoms with Gasteiger partial charge in [-0.3, -0.25) is 4.79 Å². The predicted molar refractivity (Wildman–Crippen MR) is 80.2 cm³/mol. The summed E-state index contributed by atoms with van der Waals surface area (Å²) in [5, 5.41) is 2.30. The molecule has 0 aliphatic heterocycles. The summed E-state index contributed by atoms with van der Waals surface area (Å²) in [4.78, 5) is 36.3. The van der Waals surface area contributed by atoms with E-state index in [1.54, 1.807) is 0 Å². The Morgan fingerprint density at radius 2 is 1.87 bits per heavy atom. The number of carbonyl (C=O) groups is 2. The molecule has 0 spiro atoms. The molecule has 0 aromatic heterocycles. The van der Waals surface area contributed by atoms with Crippen LogP contribution < -0.4 is 9.47 Å². The Labute approximate surface area is 133 Å². The van der Waals surface area contributed by atoms with E-state index < -0.39 is 5.97 Å². The minimum Gasteiger partial charge on any atom is -0.493 e. The summed E-state index contributed by atoms with van der Waals surface area (Å²) in [6.07, 6.45) is 3.16. The van der Waals surface area contributed by atoms with Crippen LogP contribution in [0.2, 0.25) is 0 Å². The van der Waals surface area contributed by atoms with Crippen LogP contribution in [0.1, 0.15) is 36.0 Å². The highest BCUT2D eigenvalue weighted by atomic mass is 16.7. The largest absolute Gasteiger partial charge is 0.493 e. The van der Waals surface area contributed by atoms with E-state index in [2.05, 4.69) is 10.2 Å². The lowest BCUT2D eigenvalue weighted by Crippen LogP contribution is -2.07. The minimum absolute atomic E-state index is 0.228. The minimum atomic E-state index is -0.477. The van der Waals surface area contributed by atoms with Crippen molar-refractivity contribution in [3.63, 3.8) is 0 Å². The smallest absolute Gasteiger partial charge is 0.338 e. The SMILES string of the molecule is COc1cc(C(=O)OCCCCCCON=O)ccc1OC=O. The van der Waals surface area contributed by atoms with Crippen LogP contribution in [-0.4, -0.2) is 32.8 Å². The van der Waals surface area contributed by atoms with Crippen LogP contribution in [0.25, 0.3) is 0 Å². The van der Waals surface area contributed by atoms with Gasteiger partial charge in [-0.05, 0) is 43.9 Å². The maximum Gasteiger partial charge on any atom is 0.338 e. The zero-order chi connectivity index (χ0) is 16.9. The third-order valence-electron chi connectivity index (χ3n) is 2.99. The Bertz CT molecular complexity index is 519. The van der Waals surface area contributed by atoms with Crippen LogP contribution in [0.15, 0.2) is 23.5 Å². The average Bonchev–Trinajstić information content (AvgIpc) is 2.57. The van der Waals surface area contributed by atoms with Gasteiger partial charge in [-0.1, -0.05) is 0 Å². The number of nitrogens with zero attached hydrogens (tertiary/aromatic N) is 1. The maximum atomic E-state index is 11.9. The fourth-order valence-electron chi connectivity index (χ4n) is 1.85. The van der Waals surface area contributed by atoms with Crippen molar-refractivity contribution in [2.45, 2.75) is 25.7 Å². The molecule has 0 atom stereocenters. The summed E-state index contributed by atoms with van der Waals surface area (Å²) >= 11 is 0. The summed E-state index contributed by atoms with van der Waals surface area (Å²) in [7, 11) is 1.41. The molecule has 0 N–H and O–H groups in total. The predicted octanol–water partition coefficient (Wildman–Crippen LogP) is 2.65. The fraction of sp³-hybridized carbons (Fsp3) is 0.467. The molecule has 0 saturated heterocycles. The van der Waals surface area contributed by atoms with Crippen molar-refractivity contribution in [3.05, 3.63) is 28.7 Å². The molecule has 8 heteroatoms. The van der Waals surface area contributed by atoms with Gasteiger partial charge in [0, 0.05) is 0 Å². The highest BCUT2D eigenvalue weighted by Crippen LogP contribution is 2.27. The first-order chi connectivity index (χ1) is 11.2. The average molecular weight is 325 g/mol. The zero-order valence-corrected chi connectivity index (χ0v) is 12.9. The second-order valence-corrected chi connectivity index (χ2v) is 4.54. The van der Waals surface area contributed by atoms with Crippen LogP contribution in [0.3, 0.4) is 0 Å². The number of esters is 1. The lowest BCUT2D eigenvalue weighted by atomic mass is 10.2. The van der Waals surface area contributed by atoms with Gasteiger partial charge >= 0.3 is 5.97 Å². The molecule has 1 aromatic carbocycles. The Kier molecular flexibility index (Phi) is 8.80. The normalized spacial score (nSPS) is 9.78. The van der Waals surface area contributed by atoms with Crippen LogP contribution in [0.5, 0.6) is 11.5 Å². The number of unbranched alkanes of at least 4 members (excludes halogenated alkanes) is 3. The summed E-state index contributed by atoms with van der Waals surface area (Å²) in [5.74, 6) is 0.0239. The third-order valence-corrected chi connectivity index (χ3v) is 2.99. The van der Waals surface area contributed by atoms with Crippen molar-refractivity contribution < 1.29 is 28.6 Å². The molecule has 1 aromatic rings. The second-order valence-electron chi connectivity index (χ2n) is 4.54. The van der Waals surface area contributed by atoms with Crippen molar-refractivity contribution >= 4 is 12.4 Å². The molecule has 0 bridgehead atoms. The van der Waals surface area contributed by atoms with E-state index in [0.717, 1.165) is 19.3 Å². The van der Waals surface area contributed by atoms with E-state index in [-0.39, 0.29) is 18.0 Å². The van der Waals surface area contributed by atoms with Crippen molar-refractivity contribution in [2.24, 2.45) is 5.34 Å². The van der Waals surface area contributed by atoms with Crippen LogP contribution in [0, 0.1) is 4.91 Å². The van der Waals surface area contributed by atoms with Crippen LogP contribution in [0.4, 0.5) is 0 Å². The summed E-state index contributed by atoms with van der Waals surface area (Å²) in [6.45, 7) is 0.880. The first kappa shape index (κ1) is 18.4. The van der Waals surface area contributed by atoms with Gasteiger partial charge in [-0.25, -0.2) is 4.79 Å². The summed E-state index contributed by atoms with van der Waals surface area (Å²) < 4.78 is 14.9. The van der Waals surface area contributed by atoms with Gasteiger partial charge in [0.25, 0.3) is 6.47 Å². The number of rotatable bonds is 12.